The first-order chi connectivity index (χ1) is 17.6. The van der Waals surface area contributed by atoms with Gasteiger partial charge in [0.15, 0.2) is 0 Å². The normalized spacial score (nSPS) is 17.2. The summed E-state index contributed by atoms with van der Waals surface area (Å²) in [5.74, 6) is -0.880. The highest BCUT2D eigenvalue weighted by molar-refractivity contribution is 6.46. The SMILES string of the molecule is CCN(CC)CCN1C(=O)C(=O)/C(=C(/O)c2ccc(OCC(C)C)cc2C)[C@H]1c1cccc([N+](=O)[O-])c1. The lowest BCUT2D eigenvalue weighted by molar-refractivity contribution is -0.384. The molecule has 1 saturated heterocycles. The number of rotatable bonds is 11. The standard InChI is InChI=1S/C28H35N3O6/c1-6-29(7-2)13-14-30-25(20-9-8-10-21(16-20)31(35)36)24(27(33)28(30)34)26(32)23-12-11-22(15-19(23)5)37-17-18(3)4/h8-12,15-16,18,25,32H,6-7,13-14,17H2,1-5H3/b26-24+/t25-/m1/s1. The summed E-state index contributed by atoms with van der Waals surface area (Å²) in [6.07, 6.45) is 0. The summed E-state index contributed by atoms with van der Waals surface area (Å²) in [6.45, 7) is 12.7. The third-order valence-corrected chi connectivity index (χ3v) is 6.52. The predicted molar refractivity (Wildman–Crippen MR) is 141 cm³/mol. The summed E-state index contributed by atoms with van der Waals surface area (Å²) < 4.78 is 5.77. The number of Topliss-reactive ketones (excluding diaryl/α,β-unsaturated/α-hetero) is 1. The zero-order chi connectivity index (χ0) is 27.3. The molecule has 2 aromatic carbocycles. The molecular weight excluding hydrogens is 474 g/mol. The fraction of sp³-hybridized carbons (Fsp3) is 0.429. The highest BCUT2D eigenvalue weighted by Gasteiger charge is 2.46. The van der Waals surface area contributed by atoms with Crippen LogP contribution < -0.4 is 4.74 Å². The topological polar surface area (TPSA) is 113 Å². The Kier molecular flexibility index (Phi) is 9.04. The Hall–Kier alpha value is -3.72. The molecule has 1 N–H and O–H groups in total. The van der Waals surface area contributed by atoms with E-state index >= 15 is 0 Å². The number of nitro benzene ring substituents is 1. The second-order valence-corrected chi connectivity index (χ2v) is 9.55. The maximum Gasteiger partial charge on any atom is 0.295 e. The van der Waals surface area contributed by atoms with E-state index in [4.69, 9.17) is 4.74 Å². The van der Waals surface area contributed by atoms with Gasteiger partial charge in [0.25, 0.3) is 17.4 Å². The summed E-state index contributed by atoms with van der Waals surface area (Å²) in [4.78, 5) is 40.9. The Bertz CT molecular complexity index is 1200. The van der Waals surface area contributed by atoms with Crippen molar-refractivity contribution in [3.05, 3.63) is 74.8 Å². The van der Waals surface area contributed by atoms with Crippen molar-refractivity contribution >= 4 is 23.1 Å². The van der Waals surface area contributed by atoms with E-state index in [2.05, 4.69) is 4.90 Å². The molecule has 1 atom stereocenters. The van der Waals surface area contributed by atoms with E-state index in [9.17, 15) is 24.8 Å². The van der Waals surface area contributed by atoms with Crippen LogP contribution in [0.4, 0.5) is 5.69 Å². The number of hydrogen-bond acceptors (Lipinski definition) is 7. The first-order valence-corrected chi connectivity index (χ1v) is 12.6. The molecule has 0 saturated carbocycles. The lowest BCUT2D eigenvalue weighted by Gasteiger charge is -2.28. The van der Waals surface area contributed by atoms with Gasteiger partial charge in [-0.15, -0.1) is 0 Å². The molecule has 1 heterocycles. The van der Waals surface area contributed by atoms with Crippen LogP contribution in [0.25, 0.3) is 5.76 Å². The molecule has 1 aliphatic heterocycles. The molecule has 0 spiro atoms. The number of aryl methyl sites for hydroxylation is 1. The van der Waals surface area contributed by atoms with Crippen LogP contribution in [-0.2, 0) is 9.59 Å². The number of likely N-dealkylation sites (N-methyl/N-ethyl adjacent to an activating group) is 1. The van der Waals surface area contributed by atoms with Gasteiger partial charge in [0.1, 0.15) is 11.5 Å². The van der Waals surface area contributed by atoms with Crippen LogP contribution in [0.15, 0.2) is 48.0 Å². The molecule has 0 unspecified atom stereocenters. The Morgan fingerprint density at radius 2 is 1.86 bits per heavy atom. The van der Waals surface area contributed by atoms with Crippen LogP contribution >= 0.6 is 0 Å². The number of benzene rings is 2. The zero-order valence-corrected chi connectivity index (χ0v) is 22.1. The van der Waals surface area contributed by atoms with Gasteiger partial charge in [-0.3, -0.25) is 19.7 Å². The molecule has 37 heavy (non-hydrogen) atoms. The molecule has 198 valence electrons. The number of ether oxygens (including phenoxy) is 1. The van der Waals surface area contributed by atoms with Gasteiger partial charge in [0, 0.05) is 30.8 Å². The number of aliphatic hydroxyl groups excluding tert-OH is 1. The van der Waals surface area contributed by atoms with Crippen LogP contribution in [0.3, 0.4) is 0 Å². The number of likely N-dealkylation sites (tertiary alicyclic amines) is 1. The smallest absolute Gasteiger partial charge is 0.295 e. The lowest BCUT2D eigenvalue weighted by Crippen LogP contribution is -2.38. The van der Waals surface area contributed by atoms with Crippen molar-refractivity contribution in [1.29, 1.82) is 0 Å². The molecule has 9 heteroatoms. The first-order valence-electron chi connectivity index (χ1n) is 12.6. The van der Waals surface area contributed by atoms with E-state index in [1.807, 2.05) is 27.7 Å². The molecular formula is C28H35N3O6. The van der Waals surface area contributed by atoms with Crippen molar-refractivity contribution in [3.63, 3.8) is 0 Å². The second kappa shape index (κ2) is 12.0. The Morgan fingerprint density at radius 3 is 2.46 bits per heavy atom. The number of nitro groups is 1. The van der Waals surface area contributed by atoms with Crippen molar-refractivity contribution in [1.82, 2.24) is 9.80 Å². The number of nitrogens with zero attached hydrogens (tertiary/aromatic N) is 3. The predicted octanol–water partition coefficient (Wildman–Crippen LogP) is 4.70. The van der Waals surface area contributed by atoms with Crippen LogP contribution in [0.2, 0.25) is 0 Å². The Morgan fingerprint density at radius 1 is 1.16 bits per heavy atom. The summed E-state index contributed by atoms with van der Waals surface area (Å²) in [7, 11) is 0. The molecule has 2 aromatic rings. The number of carbonyl (C=O) groups is 2. The average Bonchev–Trinajstić information content (AvgIpc) is 3.12. The Balaban J connectivity index is 2.11. The molecule has 0 radical (unpaired) electrons. The van der Waals surface area contributed by atoms with Crippen molar-refractivity contribution in [3.8, 4) is 5.75 Å². The van der Waals surface area contributed by atoms with E-state index in [1.165, 1.54) is 23.1 Å². The van der Waals surface area contributed by atoms with Gasteiger partial charge in [0.05, 0.1) is 23.1 Å². The molecule has 1 aliphatic rings. The minimum atomic E-state index is -0.952. The summed E-state index contributed by atoms with van der Waals surface area (Å²) in [5, 5.41) is 22.8. The van der Waals surface area contributed by atoms with Gasteiger partial charge in [-0.05, 0) is 55.3 Å². The summed E-state index contributed by atoms with van der Waals surface area (Å²) in [5.41, 5.74) is 1.22. The molecule has 9 nitrogen and oxygen atoms in total. The molecule has 3 rings (SSSR count). The van der Waals surface area contributed by atoms with Gasteiger partial charge in [-0.25, -0.2) is 0 Å². The van der Waals surface area contributed by atoms with Crippen molar-refractivity contribution in [2.24, 2.45) is 5.92 Å². The van der Waals surface area contributed by atoms with Crippen LogP contribution in [0.5, 0.6) is 5.75 Å². The first kappa shape index (κ1) is 27.9. The van der Waals surface area contributed by atoms with Gasteiger partial charge in [-0.2, -0.15) is 0 Å². The summed E-state index contributed by atoms with van der Waals surface area (Å²) >= 11 is 0. The van der Waals surface area contributed by atoms with Crippen LogP contribution in [-0.4, -0.2) is 64.3 Å². The van der Waals surface area contributed by atoms with E-state index in [1.54, 1.807) is 31.2 Å². The quantitative estimate of drug-likeness (QED) is 0.154. The molecule has 1 amide bonds. The minimum Gasteiger partial charge on any atom is -0.507 e. The number of amides is 1. The summed E-state index contributed by atoms with van der Waals surface area (Å²) in [6, 6.07) is 10.1. The van der Waals surface area contributed by atoms with Crippen molar-refractivity contribution in [2.45, 2.75) is 40.7 Å². The van der Waals surface area contributed by atoms with Gasteiger partial charge in [0.2, 0.25) is 0 Å². The minimum absolute atomic E-state index is 0.0796. The lowest BCUT2D eigenvalue weighted by atomic mass is 9.93. The van der Waals surface area contributed by atoms with Crippen molar-refractivity contribution in [2.75, 3.05) is 32.8 Å². The highest BCUT2D eigenvalue weighted by Crippen LogP contribution is 2.40. The molecule has 1 fully saturated rings. The fourth-order valence-corrected chi connectivity index (χ4v) is 4.45. The monoisotopic (exact) mass is 509 g/mol. The third kappa shape index (κ3) is 6.17. The number of carbonyl (C=O) groups excluding carboxylic acids is 2. The average molecular weight is 510 g/mol. The second-order valence-electron chi connectivity index (χ2n) is 9.55. The van der Waals surface area contributed by atoms with E-state index in [0.29, 0.717) is 41.5 Å². The molecule has 0 aliphatic carbocycles. The molecule has 0 bridgehead atoms. The van der Waals surface area contributed by atoms with Gasteiger partial charge in [-0.1, -0.05) is 39.8 Å². The van der Waals surface area contributed by atoms with E-state index in [-0.39, 0.29) is 23.6 Å². The van der Waals surface area contributed by atoms with Crippen molar-refractivity contribution < 1.29 is 24.4 Å². The van der Waals surface area contributed by atoms with E-state index < -0.39 is 22.7 Å². The van der Waals surface area contributed by atoms with Crippen LogP contribution in [0.1, 0.15) is 50.4 Å². The van der Waals surface area contributed by atoms with E-state index in [0.717, 1.165) is 13.1 Å². The highest BCUT2D eigenvalue weighted by atomic mass is 16.6. The molecule has 0 aromatic heterocycles. The fourth-order valence-electron chi connectivity index (χ4n) is 4.45. The number of hydrogen-bond donors (Lipinski definition) is 1. The number of aliphatic hydroxyl groups is 1. The van der Waals surface area contributed by atoms with Gasteiger partial charge < -0.3 is 19.6 Å². The number of ketones is 1. The largest absolute Gasteiger partial charge is 0.507 e. The van der Waals surface area contributed by atoms with Gasteiger partial charge >= 0.3 is 0 Å². The number of non-ortho nitro benzene ring substituents is 1. The zero-order valence-electron chi connectivity index (χ0n) is 22.1. The maximum absolute atomic E-state index is 13.3. The Labute approximate surface area is 217 Å². The maximum atomic E-state index is 13.3. The third-order valence-electron chi connectivity index (χ3n) is 6.52. The van der Waals surface area contributed by atoms with Crippen LogP contribution in [0, 0.1) is 23.0 Å².